The number of hydrogen-bond acceptors (Lipinski definition) is 3. The van der Waals surface area contributed by atoms with Crippen LogP contribution < -0.4 is 0 Å². The van der Waals surface area contributed by atoms with Crippen LogP contribution in [0.4, 0.5) is 0 Å². The molecule has 3 nitrogen and oxygen atoms in total. The van der Waals surface area contributed by atoms with E-state index in [9.17, 15) is 5.11 Å². The molecule has 14 heavy (non-hydrogen) atoms. The summed E-state index contributed by atoms with van der Waals surface area (Å²) in [5, 5.41) is 9.87. The van der Waals surface area contributed by atoms with Gasteiger partial charge in [-0.2, -0.15) is 0 Å². The Kier molecular flexibility index (Phi) is 4.85. The molecule has 0 bridgehead atoms. The zero-order valence-electron chi connectivity index (χ0n) is 9.57. The van der Waals surface area contributed by atoms with Crippen molar-refractivity contribution >= 4 is 0 Å². The Balaban J connectivity index is 2.27. The van der Waals surface area contributed by atoms with Gasteiger partial charge in [0, 0.05) is 19.2 Å². The summed E-state index contributed by atoms with van der Waals surface area (Å²) in [6.07, 6.45) is 1.94. The molecule has 1 fully saturated rings. The van der Waals surface area contributed by atoms with E-state index in [1.165, 1.54) is 0 Å². The third-order valence-corrected chi connectivity index (χ3v) is 3.30. The lowest BCUT2D eigenvalue weighted by Crippen LogP contribution is -2.40. The van der Waals surface area contributed by atoms with Gasteiger partial charge < -0.3 is 9.84 Å². The molecule has 1 aliphatic rings. The minimum atomic E-state index is -0.203. The van der Waals surface area contributed by atoms with Gasteiger partial charge in [0.15, 0.2) is 0 Å². The molecule has 0 amide bonds. The van der Waals surface area contributed by atoms with Crippen molar-refractivity contribution in [2.75, 3.05) is 26.8 Å². The molecule has 0 aliphatic carbocycles. The van der Waals surface area contributed by atoms with Crippen LogP contribution >= 0.6 is 0 Å². The lowest BCUT2D eigenvalue weighted by Gasteiger charge is -2.27. The summed E-state index contributed by atoms with van der Waals surface area (Å²) in [5.74, 6) is 0.389. The molecule has 0 radical (unpaired) electrons. The molecule has 1 N–H and O–H groups in total. The molecule has 0 aromatic carbocycles. The molecule has 0 aromatic heterocycles. The molecule has 0 aromatic rings. The Morgan fingerprint density at radius 1 is 1.57 bits per heavy atom. The van der Waals surface area contributed by atoms with E-state index in [1.807, 2.05) is 0 Å². The number of aliphatic hydroxyl groups excluding tert-OH is 1. The summed E-state index contributed by atoms with van der Waals surface area (Å²) in [4.78, 5) is 2.23. The van der Waals surface area contributed by atoms with E-state index in [0.717, 1.165) is 32.6 Å². The van der Waals surface area contributed by atoms with Gasteiger partial charge in [-0.05, 0) is 19.4 Å². The van der Waals surface area contributed by atoms with Crippen molar-refractivity contribution in [3.8, 4) is 0 Å². The quantitative estimate of drug-likeness (QED) is 0.723. The maximum atomic E-state index is 9.87. The van der Waals surface area contributed by atoms with Crippen LogP contribution in [0.25, 0.3) is 0 Å². The minimum Gasteiger partial charge on any atom is -0.392 e. The summed E-state index contributed by atoms with van der Waals surface area (Å²) in [6.45, 7) is 6.68. The fraction of sp³-hybridized carbons (Fsp3) is 1.00. The molecular weight excluding hydrogens is 178 g/mol. The van der Waals surface area contributed by atoms with Gasteiger partial charge in [-0.25, -0.2) is 0 Å². The van der Waals surface area contributed by atoms with Gasteiger partial charge in [0.25, 0.3) is 0 Å². The van der Waals surface area contributed by atoms with E-state index in [1.54, 1.807) is 0 Å². The summed E-state index contributed by atoms with van der Waals surface area (Å²) >= 11 is 0. The van der Waals surface area contributed by atoms with Crippen LogP contribution in [0.3, 0.4) is 0 Å². The van der Waals surface area contributed by atoms with Gasteiger partial charge in [0.1, 0.15) is 0 Å². The normalized spacial score (nSPS) is 26.8. The van der Waals surface area contributed by atoms with Crippen molar-refractivity contribution in [3.63, 3.8) is 0 Å². The maximum Gasteiger partial charge on any atom is 0.0692 e. The Morgan fingerprint density at radius 3 is 2.79 bits per heavy atom. The fourth-order valence-corrected chi connectivity index (χ4v) is 1.77. The SMILES string of the molecule is CCC(C)C(O)CN(C)C1CCOC1. The predicted molar refractivity (Wildman–Crippen MR) is 57.3 cm³/mol. The van der Waals surface area contributed by atoms with E-state index in [2.05, 4.69) is 25.8 Å². The van der Waals surface area contributed by atoms with E-state index < -0.39 is 0 Å². The number of aliphatic hydroxyl groups is 1. The van der Waals surface area contributed by atoms with Gasteiger partial charge in [-0.15, -0.1) is 0 Å². The van der Waals surface area contributed by atoms with Crippen LogP contribution in [0.1, 0.15) is 26.7 Å². The highest BCUT2D eigenvalue weighted by atomic mass is 16.5. The Labute approximate surface area is 87.1 Å². The molecule has 3 heteroatoms. The van der Waals surface area contributed by atoms with Gasteiger partial charge in [-0.3, -0.25) is 4.90 Å². The van der Waals surface area contributed by atoms with Crippen molar-refractivity contribution in [1.29, 1.82) is 0 Å². The first-order valence-corrected chi connectivity index (χ1v) is 5.61. The van der Waals surface area contributed by atoms with Crippen molar-refractivity contribution in [2.24, 2.45) is 5.92 Å². The maximum absolute atomic E-state index is 9.87. The second-order valence-electron chi connectivity index (χ2n) is 4.41. The Hall–Kier alpha value is -0.120. The number of rotatable bonds is 5. The van der Waals surface area contributed by atoms with E-state index in [0.29, 0.717) is 12.0 Å². The number of likely N-dealkylation sites (N-methyl/N-ethyl adjacent to an activating group) is 1. The highest BCUT2D eigenvalue weighted by Crippen LogP contribution is 2.14. The molecule has 1 aliphatic heterocycles. The molecule has 3 atom stereocenters. The lowest BCUT2D eigenvalue weighted by molar-refractivity contribution is 0.0591. The largest absolute Gasteiger partial charge is 0.392 e. The molecular formula is C11H23NO2. The van der Waals surface area contributed by atoms with Crippen LogP contribution in [0.2, 0.25) is 0 Å². The van der Waals surface area contributed by atoms with Crippen molar-refractivity contribution in [3.05, 3.63) is 0 Å². The Morgan fingerprint density at radius 2 is 2.29 bits per heavy atom. The second-order valence-corrected chi connectivity index (χ2v) is 4.41. The molecule has 1 saturated heterocycles. The fourth-order valence-electron chi connectivity index (χ4n) is 1.77. The monoisotopic (exact) mass is 201 g/mol. The zero-order chi connectivity index (χ0) is 10.6. The number of hydrogen-bond donors (Lipinski definition) is 1. The first kappa shape index (κ1) is 12.0. The van der Waals surface area contributed by atoms with Crippen LogP contribution in [0, 0.1) is 5.92 Å². The average Bonchev–Trinajstić information content (AvgIpc) is 2.69. The highest BCUT2D eigenvalue weighted by Gasteiger charge is 2.23. The van der Waals surface area contributed by atoms with Gasteiger partial charge in [0.2, 0.25) is 0 Å². The molecule has 1 heterocycles. The van der Waals surface area contributed by atoms with Gasteiger partial charge >= 0.3 is 0 Å². The minimum absolute atomic E-state index is 0.203. The summed E-state index contributed by atoms with van der Waals surface area (Å²) < 4.78 is 5.32. The summed E-state index contributed by atoms with van der Waals surface area (Å²) in [7, 11) is 2.07. The Bertz CT molecular complexity index is 157. The highest BCUT2D eigenvalue weighted by molar-refractivity contribution is 4.76. The smallest absolute Gasteiger partial charge is 0.0692 e. The van der Waals surface area contributed by atoms with Crippen molar-refractivity contribution in [2.45, 2.75) is 38.8 Å². The predicted octanol–water partition coefficient (Wildman–Crippen LogP) is 1.11. The van der Waals surface area contributed by atoms with Gasteiger partial charge in [-0.1, -0.05) is 20.3 Å². The van der Waals surface area contributed by atoms with Crippen molar-refractivity contribution in [1.82, 2.24) is 4.90 Å². The summed E-state index contributed by atoms with van der Waals surface area (Å²) in [6, 6.07) is 0.508. The third-order valence-electron chi connectivity index (χ3n) is 3.30. The van der Waals surface area contributed by atoms with Gasteiger partial charge in [0.05, 0.1) is 12.7 Å². The number of nitrogens with zero attached hydrogens (tertiary/aromatic N) is 1. The average molecular weight is 201 g/mol. The molecule has 0 spiro atoms. The second kappa shape index (κ2) is 5.69. The number of ether oxygens (including phenoxy) is 1. The van der Waals surface area contributed by atoms with Crippen LogP contribution in [-0.2, 0) is 4.74 Å². The van der Waals surface area contributed by atoms with E-state index >= 15 is 0 Å². The van der Waals surface area contributed by atoms with E-state index in [4.69, 9.17) is 4.74 Å². The topological polar surface area (TPSA) is 32.7 Å². The van der Waals surface area contributed by atoms with Crippen LogP contribution in [0.5, 0.6) is 0 Å². The molecule has 0 saturated carbocycles. The first-order valence-electron chi connectivity index (χ1n) is 5.61. The molecule has 3 unspecified atom stereocenters. The van der Waals surface area contributed by atoms with Crippen LogP contribution in [-0.4, -0.2) is 49.0 Å². The summed E-state index contributed by atoms with van der Waals surface area (Å²) in [5.41, 5.74) is 0. The lowest BCUT2D eigenvalue weighted by atomic mass is 10.0. The zero-order valence-corrected chi connectivity index (χ0v) is 9.57. The molecule has 84 valence electrons. The third kappa shape index (κ3) is 3.23. The first-order chi connectivity index (χ1) is 6.65. The van der Waals surface area contributed by atoms with E-state index in [-0.39, 0.29) is 6.10 Å². The molecule has 1 rings (SSSR count). The standard InChI is InChI=1S/C11H23NO2/c1-4-9(2)11(13)7-12(3)10-5-6-14-8-10/h9-11,13H,4-8H2,1-3H3. The van der Waals surface area contributed by atoms with Crippen molar-refractivity contribution < 1.29 is 9.84 Å². The van der Waals surface area contributed by atoms with Crippen LogP contribution in [0.15, 0.2) is 0 Å².